The number of nitrogens with one attached hydrogen (secondary N) is 3. The van der Waals surface area contributed by atoms with Crippen LogP contribution in [0.4, 0.5) is 18.9 Å². The summed E-state index contributed by atoms with van der Waals surface area (Å²) in [5.74, 6) is -5.79. The van der Waals surface area contributed by atoms with Crippen LogP contribution in [0.1, 0.15) is 18.5 Å². The van der Waals surface area contributed by atoms with Gasteiger partial charge < -0.3 is 16.0 Å². The van der Waals surface area contributed by atoms with Crippen molar-refractivity contribution in [1.82, 2.24) is 10.6 Å². The topological polar surface area (TPSA) is 70.2 Å². The molecule has 2 rings (SSSR count). The number of halogens is 4. The Morgan fingerprint density at radius 2 is 1.63 bits per heavy atom. The van der Waals surface area contributed by atoms with E-state index < -0.39 is 41.5 Å². The number of rotatable bonds is 7. The lowest BCUT2D eigenvalue weighted by molar-refractivity contribution is -0.123. The molecular weight excluding hydrogens is 383 g/mol. The van der Waals surface area contributed by atoms with Crippen LogP contribution in [-0.2, 0) is 9.59 Å². The van der Waals surface area contributed by atoms with Gasteiger partial charge in [0.1, 0.15) is 0 Å². The highest BCUT2D eigenvalue weighted by molar-refractivity contribution is 6.30. The van der Waals surface area contributed by atoms with E-state index in [2.05, 4.69) is 16.0 Å². The van der Waals surface area contributed by atoms with E-state index in [4.69, 9.17) is 11.6 Å². The van der Waals surface area contributed by atoms with Crippen LogP contribution in [0.2, 0.25) is 5.02 Å². The predicted molar refractivity (Wildman–Crippen MR) is 95.8 cm³/mol. The van der Waals surface area contributed by atoms with Crippen molar-refractivity contribution in [2.75, 3.05) is 18.4 Å². The SMILES string of the molecule is C[C@@H](NCC(=O)NCC(=O)Nc1ccc(F)c(F)c1F)c1ccc(Cl)cc1. The Kier molecular flexibility index (Phi) is 7.20. The molecule has 5 nitrogen and oxygen atoms in total. The zero-order valence-electron chi connectivity index (χ0n) is 14.3. The van der Waals surface area contributed by atoms with Gasteiger partial charge in [0, 0.05) is 11.1 Å². The molecule has 0 aliphatic heterocycles. The van der Waals surface area contributed by atoms with Gasteiger partial charge in [0.25, 0.3) is 0 Å². The molecule has 0 saturated heterocycles. The van der Waals surface area contributed by atoms with Crippen molar-refractivity contribution in [3.8, 4) is 0 Å². The van der Waals surface area contributed by atoms with Crippen molar-refractivity contribution in [1.29, 1.82) is 0 Å². The zero-order valence-corrected chi connectivity index (χ0v) is 15.0. The third-order valence-electron chi connectivity index (χ3n) is 3.69. The maximum absolute atomic E-state index is 13.5. The Morgan fingerprint density at radius 3 is 2.30 bits per heavy atom. The fourth-order valence-electron chi connectivity index (χ4n) is 2.17. The fourth-order valence-corrected chi connectivity index (χ4v) is 2.30. The molecule has 144 valence electrons. The van der Waals surface area contributed by atoms with Crippen LogP contribution in [0.5, 0.6) is 0 Å². The molecular formula is C18H17ClF3N3O2. The van der Waals surface area contributed by atoms with Gasteiger partial charge in [-0.15, -0.1) is 0 Å². The van der Waals surface area contributed by atoms with Crippen LogP contribution in [-0.4, -0.2) is 24.9 Å². The molecule has 0 aromatic heterocycles. The van der Waals surface area contributed by atoms with Crippen LogP contribution in [0, 0.1) is 17.5 Å². The molecule has 0 unspecified atom stereocenters. The summed E-state index contributed by atoms with van der Waals surface area (Å²) in [5, 5.41) is 7.98. The van der Waals surface area contributed by atoms with Gasteiger partial charge in [0.05, 0.1) is 18.8 Å². The number of hydrogen-bond acceptors (Lipinski definition) is 3. The highest BCUT2D eigenvalue weighted by Crippen LogP contribution is 2.19. The van der Waals surface area contributed by atoms with Gasteiger partial charge in [-0.3, -0.25) is 9.59 Å². The minimum atomic E-state index is -1.68. The van der Waals surface area contributed by atoms with Crippen LogP contribution in [0.25, 0.3) is 0 Å². The Morgan fingerprint density at radius 1 is 0.963 bits per heavy atom. The van der Waals surface area contributed by atoms with E-state index in [-0.39, 0.29) is 12.6 Å². The quantitative estimate of drug-likeness (QED) is 0.626. The summed E-state index contributed by atoms with van der Waals surface area (Å²) in [5.41, 5.74) is 0.418. The van der Waals surface area contributed by atoms with Crippen LogP contribution in [0.15, 0.2) is 36.4 Å². The fraction of sp³-hybridized carbons (Fsp3) is 0.222. The molecule has 27 heavy (non-hydrogen) atoms. The molecule has 0 aliphatic carbocycles. The van der Waals surface area contributed by atoms with Crippen LogP contribution >= 0.6 is 11.6 Å². The van der Waals surface area contributed by atoms with E-state index in [1.165, 1.54) is 0 Å². The monoisotopic (exact) mass is 399 g/mol. The third-order valence-corrected chi connectivity index (χ3v) is 3.95. The van der Waals surface area contributed by atoms with Gasteiger partial charge in [-0.05, 0) is 36.8 Å². The first kappa shape index (κ1) is 20.7. The molecule has 0 fully saturated rings. The van der Waals surface area contributed by atoms with Crippen molar-refractivity contribution in [3.05, 3.63) is 64.4 Å². The first-order valence-corrected chi connectivity index (χ1v) is 8.34. The Hall–Kier alpha value is -2.58. The lowest BCUT2D eigenvalue weighted by Crippen LogP contribution is -2.39. The number of carbonyl (C=O) groups excluding carboxylic acids is 2. The molecule has 2 aromatic rings. The largest absolute Gasteiger partial charge is 0.346 e. The van der Waals surface area contributed by atoms with E-state index >= 15 is 0 Å². The van der Waals surface area contributed by atoms with Gasteiger partial charge in [-0.2, -0.15) is 0 Å². The highest BCUT2D eigenvalue weighted by Gasteiger charge is 2.15. The molecule has 0 bridgehead atoms. The second-order valence-corrected chi connectivity index (χ2v) is 6.14. The molecule has 2 aromatic carbocycles. The second-order valence-electron chi connectivity index (χ2n) is 5.70. The van der Waals surface area contributed by atoms with E-state index in [0.29, 0.717) is 11.1 Å². The molecule has 0 spiro atoms. The zero-order chi connectivity index (χ0) is 20.0. The maximum atomic E-state index is 13.5. The Labute approximate surface area is 158 Å². The average Bonchev–Trinajstić information content (AvgIpc) is 2.65. The summed E-state index contributed by atoms with van der Waals surface area (Å²) >= 11 is 5.81. The first-order chi connectivity index (χ1) is 12.8. The minimum absolute atomic E-state index is 0.0589. The summed E-state index contributed by atoms with van der Waals surface area (Å²) in [6.45, 7) is 1.35. The Bertz CT molecular complexity index is 831. The van der Waals surface area contributed by atoms with E-state index in [1.807, 2.05) is 19.1 Å². The number of benzene rings is 2. The molecule has 0 heterocycles. The summed E-state index contributed by atoms with van der Waals surface area (Å²) in [6.07, 6.45) is 0. The highest BCUT2D eigenvalue weighted by atomic mass is 35.5. The van der Waals surface area contributed by atoms with Gasteiger partial charge in [0.15, 0.2) is 17.5 Å². The van der Waals surface area contributed by atoms with Crippen molar-refractivity contribution < 1.29 is 22.8 Å². The molecule has 2 amide bonds. The van der Waals surface area contributed by atoms with Crippen LogP contribution in [0.3, 0.4) is 0 Å². The van der Waals surface area contributed by atoms with Gasteiger partial charge >= 0.3 is 0 Å². The maximum Gasteiger partial charge on any atom is 0.243 e. The number of anilines is 1. The second kappa shape index (κ2) is 9.38. The lowest BCUT2D eigenvalue weighted by atomic mass is 10.1. The predicted octanol–water partition coefficient (Wildman–Crippen LogP) is 3.16. The normalized spacial score (nSPS) is 11.7. The summed E-state index contributed by atoms with van der Waals surface area (Å²) in [4.78, 5) is 23.5. The minimum Gasteiger partial charge on any atom is -0.346 e. The van der Waals surface area contributed by atoms with Crippen molar-refractivity contribution in [2.45, 2.75) is 13.0 Å². The van der Waals surface area contributed by atoms with E-state index in [9.17, 15) is 22.8 Å². The summed E-state index contributed by atoms with van der Waals surface area (Å²) < 4.78 is 39.4. The van der Waals surface area contributed by atoms with E-state index in [0.717, 1.165) is 11.6 Å². The third kappa shape index (κ3) is 5.97. The molecule has 0 radical (unpaired) electrons. The smallest absolute Gasteiger partial charge is 0.243 e. The number of hydrogen-bond donors (Lipinski definition) is 3. The van der Waals surface area contributed by atoms with Crippen LogP contribution < -0.4 is 16.0 Å². The summed E-state index contributed by atoms with van der Waals surface area (Å²) in [6, 6.07) is 8.56. The first-order valence-electron chi connectivity index (χ1n) is 7.97. The van der Waals surface area contributed by atoms with Gasteiger partial charge in [-0.1, -0.05) is 23.7 Å². The van der Waals surface area contributed by atoms with Gasteiger partial charge in [-0.25, -0.2) is 13.2 Å². The molecule has 9 heteroatoms. The standard InChI is InChI=1S/C18H17ClF3N3O2/c1-10(11-2-4-12(19)5-3-11)23-8-15(26)24-9-16(27)25-14-7-6-13(20)17(21)18(14)22/h2-7,10,23H,8-9H2,1H3,(H,24,26)(H,25,27)/t10-/m1/s1. The summed E-state index contributed by atoms with van der Waals surface area (Å²) in [7, 11) is 0. The number of carbonyl (C=O) groups is 2. The average molecular weight is 400 g/mol. The van der Waals surface area contributed by atoms with Crippen molar-refractivity contribution in [3.63, 3.8) is 0 Å². The Balaban J connectivity index is 1.77. The van der Waals surface area contributed by atoms with Gasteiger partial charge in [0.2, 0.25) is 11.8 Å². The van der Waals surface area contributed by atoms with Crippen molar-refractivity contribution in [2.24, 2.45) is 0 Å². The molecule has 1 atom stereocenters. The molecule has 0 aliphatic rings. The van der Waals surface area contributed by atoms with Crippen molar-refractivity contribution >= 4 is 29.1 Å². The molecule has 3 N–H and O–H groups in total. The van der Waals surface area contributed by atoms with E-state index in [1.54, 1.807) is 12.1 Å². The number of amides is 2. The lowest BCUT2D eigenvalue weighted by Gasteiger charge is -2.14. The molecule has 0 saturated carbocycles.